The highest BCUT2D eigenvalue weighted by Crippen LogP contribution is 2.29. The second kappa shape index (κ2) is 11.1. The Labute approximate surface area is 207 Å². The summed E-state index contributed by atoms with van der Waals surface area (Å²) in [6.45, 7) is 2.05. The average Bonchev–Trinajstić information content (AvgIpc) is 3.26. The first-order valence-corrected chi connectivity index (χ1v) is 12.9. The zero-order valence-electron chi connectivity index (χ0n) is 17.3. The number of amides is 1. The number of halogens is 2. The number of aromatic nitrogens is 4. The molecule has 1 amide bonds. The van der Waals surface area contributed by atoms with E-state index in [1.165, 1.54) is 64.3 Å². The van der Waals surface area contributed by atoms with Crippen molar-refractivity contribution in [2.24, 2.45) is 0 Å². The maximum Gasteiger partial charge on any atom is 0.277 e. The van der Waals surface area contributed by atoms with Crippen molar-refractivity contribution in [3.8, 4) is 0 Å². The lowest BCUT2D eigenvalue weighted by Gasteiger charge is -2.07. The minimum absolute atomic E-state index is 0.0784. The number of rotatable bonds is 8. The van der Waals surface area contributed by atoms with Crippen LogP contribution in [0.25, 0.3) is 0 Å². The van der Waals surface area contributed by atoms with E-state index in [9.17, 15) is 9.18 Å². The van der Waals surface area contributed by atoms with Gasteiger partial charge in [-0.25, -0.2) is 14.4 Å². The van der Waals surface area contributed by atoms with Gasteiger partial charge < -0.3 is 0 Å². The fraction of sp³-hybridized carbons (Fsp3) is 0.136. The van der Waals surface area contributed by atoms with Crippen LogP contribution in [0.1, 0.15) is 27.2 Å². The number of nitrogens with zero attached hydrogens (tertiary/aromatic N) is 4. The highest BCUT2D eigenvalue weighted by molar-refractivity contribution is 8.00. The van der Waals surface area contributed by atoms with E-state index in [-0.39, 0.29) is 16.5 Å². The van der Waals surface area contributed by atoms with Crippen LogP contribution in [0, 0.1) is 12.7 Å². The van der Waals surface area contributed by atoms with Crippen LogP contribution in [0.15, 0.2) is 64.2 Å². The zero-order chi connectivity index (χ0) is 23.2. The number of aryl methyl sites for hydroxylation is 1. The van der Waals surface area contributed by atoms with Gasteiger partial charge in [0.2, 0.25) is 5.13 Å². The third kappa shape index (κ3) is 6.50. The zero-order valence-corrected chi connectivity index (χ0v) is 20.5. The van der Waals surface area contributed by atoms with Crippen LogP contribution < -0.4 is 5.32 Å². The second-order valence-corrected chi connectivity index (χ2v) is 10.4. The first-order chi connectivity index (χ1) is 16.0. The highest BCUT2D eigenvalue weighted by Gasteiger charge is 2.17. The summed E-state index contributed by atoms with van der Waals surface area (Å²) in [6.07, 6.45) is 1.42. The molecule has 0 spiro atoms. The number of benzene rings is 2. The van der Waals surface area contributed by atoms with Crippen molar-refractivity contribution >= 4 is 57.5 Å². The lowest BCUT2D eigenvalue weighted by Crippen LogP contribution is -2.15. The number of thioether (sulfide) groups is 2. The molecule has 1 N–H and O–H groups in total. The molecule has 0 saturated heterocycles. The van der Waals surface area contributed by atoms with Crippen molar-refractivity contribution in [1.82, 2.24) is 20.2 Å². The molecule has 0 saturated carbocycles. The summed E-state index contributed by atoms with van der Waals surface area (Å²) in [5, 5.41) is 11.7. The molecule has 2 heterocycles. The predicted molar refractivity (Wildman–Crippen MR) is 132 cm³/mol. The van der Waals surface area contributed by atoms with Gasteiger partial charge >= 0.3 is 0 Å². The third-order valence-corrected chi connectivity index (χ3v) is 7.69. The van der Waals surface area contributed by atoms with Gasteiger partial charge in [0.05, 0.1) is 11.2 Å². The monoisotopic (exact) mass is 517 g/mol. The number of nitrogens with one attached hydrogen (secondary N) is 1. The minimum Gasteiger partial charge on any atom is -0.295 e. The Morgan fingerprint density at radius 2 is 1.88 bits per heavy atom. The summed E-state index contributed by atoms with van der Waals surface area (Å²) in [6, 6.07) is 14.3. The fourth-order valence-electron chi connectivity index (χ4n) is 2.69. The van der Waals surface area contributed by atoms with Gasteiger partial charge in [-0.15, -0.1) is 10.2 Å². The highest BCUT2D eigenvalue weighted by atomic mass is 35.5. The van der Waals surface area contributed by atoms with Crippen molar-refractivity contribution in [2.75, 3.05) is 5.32 Å². The Bertz CT molecular complexity index is 1270. The minimum atomic E-state index is -0.480. The Morgan fingerprint density at radius 1 is 1.09 bits per heavy atom. The van der Waals surface area contributed by atoms with E-state index in [4.69, 9.17) is 11.6 Å². The molecule has 0 radical (unpaired) electrons. The molecule has 2 aromatic heterocycles. The third-order valence-electron chi connectivity index (χ3n) is 4.46. The number of carbonyl (C=O) groups is 1. The first kappa shape index (κ1) is 23.6. The maximum absolute atomic E-state index is 13.0. The molecule has 0 atom stereocenters. The Morgan fingerprint density at radius 3 is 2.67 bits per heavy atom. The SMILES string of the molecule is Cc1ccccc1CSc1ncc(Cl)c(C(=O)Nc2nnc(SCc3ccc(F)cc3)s2)n1. The van der Waals surface area contributed by atoms with E-state index in [2.05, 4.69) is 25.5 Å². The van der Waals surface area contributed by atoms with E-state index in [1.54, 1.807) is 12.1 Å². The normalized spacial score (nSPS) is 10.9. The molecule has 11 heteroatoms. The summed E-state index contributed by atoms with van der Waals surface area (Å²) >= 11 is 10.3. The summed E-state index contributed by atoms with van der Waals surface area (Å²) in [7, 11) is 0. The van der Waals surface area contributed by atoms with Gasteiger partial charge in [0.25, 0.3) is 5.91 Å². The Balaban J connectivity index is 1.37. The molecule has 0 unspecified atom stereocenters. The van der Waals surface area contributed by atoms with E-state index in [0.29, 0.717) is 26.1 Å². The van der Waals surface area contributed by atoms with Crippen molar-refractivity contribution < 1.29 is 9.18 Å². The smallest absolute Gasteiger partial charge is 0.277 e. The molecule has 33 heavy (non-hydrogen) atoms. The molecule has 168 valence electrons. The predicted octanol–water partition coefficient (Wildman–Crippen LogP) is 6.27. The Kier molecular flexibility index (Phi) is 7.92. The largest absolute Gasteiger partial charge is 0.295 e. The van der Waals surface area contributed by atoms with E-state index in [1.807, 2.05) is 31.2 Å². The van der Waals surface area contributed by atoms with Crippen LogP contribution in [0.4, 0.5) is 9.52 Å². The van der Waals surface area contributed by atoms with Crippen LogP contribution in [0.5, 0.6) is 0 Å². The van der Waals surface area contributed by atoms with Gasteiger partial charge in [0.1, 0.15) is 5.82 Å². The topological polar surface area (TPSA) is 80.7 Å². The maximum atomic E-state index is 13.0. The number of anilines is 1. The quantitative estimate of drug-likeness (QED) is 0.168. The summed E-state index contributed by atoms with van der Waals surface area (Å²) in [5.74, 6) is 0.541. The molecule has 2 aromatic carbocycles. The van der Waals surface area contributed by atoms with E-state index in [0.717, 1.165) is 5.56 Å². The van der Waals surface area contributed by atoms with Gasteiger partial charge in [-0.2, -0.15) is 0 Å². The molecule has 0 fully saturated rings. The number of hydrogen-bond acceptors (Lipinski definition) is 8. The molecular weight excluding hydrogens is 501 g/mol. The summed E-state index contributed by atoms with van der Waals surface area (Å²) in [4.78, 5) is 21.3. The van der Waals surface area contributed by atoms with Crippen LogP contribution in [-0.4, -0.2) is 26.1 Å². The molecule has 0 bridgehead atoms. The van der Waals surface area contributed by atoms with Gasteiger partial charge in [-0.1, -0.05) is 82.9 Å². The molecule has 4 aromatic rings. The van der Waals surface area contributed by atoms with Crippen molar-refractivity contribution in [3.63, 3.8) is 0 Å². The van der Waals surface area contributed by atoms with Gasteiger partial charge in [-0.05, 0) is 35.7 Å². The fourth-order valence-corrected chi connectivity index (χ4v) is 5.47. The first-order valence-electron chi connectivity index (χ1n) is 9.70. The lowest BCUT2D eigenvalue weighted by atomic mass is 10.1. The molecule has 6 nitrogen and oxygen atoms in total. The molecule has 0 aliphatic rings. The van der Waals surface area contributed by atoms with E-state index < -0.39 is 5.91 Å². The van der Waals surface area contributed by atoms with Crippen molar-refractivity contribution in [1.29, 1.82) is 0 Å². The van der Waals surface area contributed by atoms with Crippen LogP contribution in [-0.2, 0) is 11.5 Å². The summed E-state index contributed by atoms with van der Waals surface area (Å²) in [5.41, 5.74) is 3.40. The van der Waals surface area contributed by atoms with Gasteiger partial charge in [0, 0.05) is 11.5 Å². The average molecular weight is 518 g/mol. The molecule has 0 aliphatic carbocycles. The van der Waals surface area contributed by atoms with Crippen LogP contribution >= 0.6 is 46.5 Å². The standard InChI is InChI=1S/C22H17ClFN5OS3/c1-13-4-2-3-5-15(13)12-31-20-25-10-17(23)18(26-20)19(30)27-21-28-29-22(33-21)32-11-14-6-8-16(24)9-7-14/h2-10H,11-12H2,1H3,(H,27,28,30). The molecular formula is C22H17ClFN5OS3. The molecule has 4 rings (SSSR count). The number of carbonyl (C=O) groups excluding carboxylic acids is 1. The van der Waals surface area contributed by atoms with Crippen LogP contribution in [0.2, 0.25) is 5.02 Å². The van der Waals surface area contributed by atoms with Crippen molar-refractivity contribution in [2.45, 2.75) is 27.9 Å². The Hall–Kier alpha value is -2.53. The van der Waals surface area contributed by atoms with E-state index >= 15 is 0 Å². The molecule has 0 aliphatic heterocycles. The lowest BCUT2D eigenvalue weighted by molar-refractivity contribution is 0.102. The van der Waals surface area contributed by atoms with Crippen molar-refractivity contribution in [3.05, 3.63) is 88.0 Å². The van der Waals surface area contributed by atoms with Gasteiger partial charge in [-0.3, -0.25) is 10.1 Å². The second-order valence-electron chi connectivity index (χ2n) is 6.81. The van der Waals surface area contributed by atoms with Crippen LogP contribution in [0.3, 0.4) is 0 Å². The number of hydrogen-bond donors (Lipinski definition) is 1. The van der Waals surface area contributed by atoms with Gasteiger partial charge in [0.15, 0.2) is 15.2 Å². The summed E-state index contributed by atoms with van der Waals surface area (Å²) < 4.78 is 13.7.